The second-order valence-electron chi connectivity index (χ2n) is 7.29. The Balaban J connectivity index is 1.79. The summed E-state index contributed by atoms with van der Waals surface area (Å²) in [6, 6.07) is 19.6. The molecule has 1 N–H and O–H groups in total. The zero-order valence-corrected chi connectivity index (χ0v) is 15.4. The quantitative estimate of drug-likeness (QED) is 0.814. The third kappa shape index (κ3) is 4.38. The van der Waals surface area contributed by atoms with Crippen LogP contribution in [-0.4, -0.2) is 35.7 Å². The van der Waals surface area contributed by atoms with Crippen molar-refractivity contribution in [2.75, 3.05) is 13.1 Å². The summed E-state index contributed by atoms with van der Waals surface area (Å²) >= 11 is 0. The van der Waals surface area contributed by atoms with Crippen LogP contribution in [0.3, 0.4) is 0 Å². The van der Waals surface area contributed by atoms with Crippen LogP contribution in [0.2, 0.25) is 0 Å². The Morgan fingerprint density at radius 1 is 0.962 bits per heavy atom. The van der Waals surface area contributed by atoms with Gasteiger partial charge in [-0.05, 0) is 19.4 Å². The summed E-state index contributed by atoms with van der Waals surface area (Å²) in [5.74, 6) is -0.580. The molecule has 4 heteroatoms. The molecular weight excluding hydrogens is 324 g/mol. The maximum atomic E-state index is 13.0. The van der Waals surface area contributed by atoms with Crippen molar-refractivity contribution in [1.82, 2.24) is 10.2 Å². The number of carbonyl (C=O) groups is 2. The number of hydrogen-bond donors (Lipinski definition) is 1. The van der Waals surface area contributed by atoms with Gasteiger partial charge in [-0.2, -0.15) is 0 Å². The Morgan fingerprint density at radius 3 is 2.15 bits per heavy atom. The van der Waals surface area contributed by atoms with Gasteiger partial charge in [0, 0.05) is 37.2 Å². The van der Waals surface area contributed by atoms with E-state index in [1.54, 1.807) is 0 Å². The number of Topliss-reactive ketones (excluding diaryl/α,β-unsaturated/α-hetero) is 1. The van der Waals surface area contributed by atoms with Gasteiger partial charge in [0.05, 0.1) is 5.92 Å². The lowest BCUT2D eigenvalue weighted by atomic mass is 9.87. The fraction of sp³-hybridized carbons (Fsp3) is 0.364. The molecule has 2 atom stereocenters. The molecule has 0 bridgehead atoms. The number of ketones is 1. The van der Waals surface area contributed by atoms with Crippen molar-refractivity contribution in [3.63, 3.8) is 0 Å². The van der Waals surface area contributed by atoms with E-state index in [4.69, 9.17) is 0 Å². The Bertz CT molecular complexity index is 743. The monoisotopic (exact) mass is 350 g/mol. The van der Waals surface area contributed by atoms with Gasteiger partial charge in [0.25, 0.3) is 0 Å². The third-order valence-electron chi connectivity index (χ3n) is 4.81. The number of likely N-dealkylation sites (tertiary alicyclic amines) is 1. The van der Waals surface area contributed by atoms with Crippen LogP contribution in [0.25, 0.3) is 0 Å². The molecule has 1 saturated heterocycles. The highest BCUT2D eigenvalue weighted by molar-refractivity contribution is 6.01. The molecule has 0 aliphatic carbocycles. The molecule has 1 heterocycles. The number of nitrogens with zero attached hydrogens (tertiary/aromatic N) is 1. The Morgan fingerprint density at radius 2 is 1.54 bits per heavy atom. The zero-order valence-electron chi connectivity index (χ0n) is 15.4. The van der Waals surface area contributed by atoms with E-state index >= 15 is 0 Å². The van der Waals surface area contributed by atoms with Gasteiger partial charge in [-0.15, -0.1) is 0 Å². The molecule has 2 aromatic rings. The molecule has 1 fully saturated rings. The summed E-state index contributed by atoms with van der Waals surface area (Å²) in [6.07, 6.45) is 0. The number of benzene rings is 2. The number of hydrogen-bond acceptors (Lipinski definition) is 3. The van der Waals surface area contributed by atoms with E-state index in [1.165, 1.54) is 5.56 Å². The zero-order chi connectivity index (χ0) is 18.5. The van der Waals surface area contributed by atoms with Crippen molar-refractivity contribution in [2.24, 2.45) is 11.8 Å². The van der Waals surface area contributed by atoms with E-state index in [-0.39, 0.29) is 29.6 Å². The normalized spacial score (nSPS) is 20.3. The summed E-state index contributed by atoms with van der Waals surface area (Å²) in [4.78, 5) is 28.0. The van der Waals surface area contributed by atoms with Crippen molar-refractivity contribution in [3.8, 4) is 0 Å². The summed E-state index contributed by atoms with van der Waals surface area (Å²) in [5, 5.41) is 2.99. The molecule has 1 aliphatic rings. The van der Waals surface area contributed by atoms with E-state index in [0.717, 1.165) is 6.54 Å². The summed E-state index contributed by atoms with van der Waals surface area (Å²) in [6.45, 7) is 5.87. The van der Waals surface area contributed by atoms with E-state index in [9.17, 15) is 9.59 Å². The molecule has 1 amide bonds. The molecule has 0 aromatic heterocycles. The average molecular weight is 350 g/mol. The highest BCUT2D eigenvalue weighted by atomic mass is 16.2. The molecule has 1 aliphatic heterocycles. The lowest BCUT2D eigenvalue weighted by Crippen LogP contribution is -2.40. The topological polar surface area (TPSA) is 49.4 Å². The maximum absolute atomic E-state index is 13.0. The standard InChI is InChI=1S/C22H26N2O2/c1-16(2)23-22(26)20-15-24(13-17-9-5-3-6-10-17)14-19(20)21(25)18-11-7-4-8-12-18/h3-12,16,19-20H,13-15H2,1-2H3,(H,23,26)/t19-,20-/m0/s1. The molecular formula is C22H26N2O2. The predicted molar refractivity (Wildman–Crippen MR) is 103 cm³/mol. The molecule has 26 heavy (non-hydrogen) atoms. The van der Waals surface area contributed by atoms with Crippen LogP contribution in [0.4, 0.5) is 0 Å². The van der Waals surface area contributed by atoms with Gasteiger partial charge >= 0.3 is 0 Å². The predicted octanol–water partition coefficient (Wildman–Crippen LogP) is 3.14. The van der Waals surface area contributed by atoms with E-state index < -0.39 is 0 Å². The fourth-order valence-corrected chi connectivity index (χ4v) is 3.60. The van der Waals surface area contributed by atoms with Crippen molar-refractivity contribution in [3.05, 3.63) is 71.8 Å². The fourth-order valence-electron chi connectivity index (χ4n) is 3.60. The minimum absolute atomic E-state index is 0.0233. The number of amides is 1. The van der Waals surface area contributed by atoms with Crippen molar-refractivity contribution in [2.45, 2.75) is 26.4 Å². The van der Waals surface area contributed by atoms with Crippen molar-refractivity contribution >= 4 is 11.7 Å². The van der Waals surface area contributed by atoms with Crippen LogP contribution in [-0.2, 0) is 11.3 Å². The van der Waals surface area contributed by atoms with Crippen LogP contribution in [0.1, 0.15) is 29.8 Å². The molecule has 0 radical (unpaired) electrons. The Hall–Kier alpha value is -2.46. The van der Waals surface area contributed by atoms with Gasteiger partial charge in [-0.1, -0.05) is 60.7 Å². The van der Waals surface area contributed by atoms with Crippen LogP contribution in [0.15, 0.2) is 60.7 Å². The number of carbonyl (C=O) groups excluding carboxylic acids is 2. The summed E-state index contributed by atoms with van der Waals surface area (Å²) in [5.41, 5.74) is 1.88. The SMILES string of the molecule is CC(C)NC(=O)[C@H]1CN(Cc2ccccc2)C[C@@H]1C(=O)c1ccccc1. The molecule has 2 aromatic carbocycles. The van der Waals surface area contributed by atoms with Gasteiger partial charge in [0.2, 0.25) is 5.91 Å². The van der Waals surface area contributed by atoms with Crippen LogP contribution in [0, 0.1) is 11.8 Å². The molecule has 0 saturated carbocycles. The minimum atomic E-state index is -0.311. The van der Waals surface area contributed by atoms with Crippen LogP contribution in [0.5, 0.6) is 0 Å². The maximum Gasteiger partial charge on any atom is 0.225 e. The lowest BCUT2D eigenvalue weighted by Gasteiger charge is -2.18. The van der Waals surface area contributed by atoms with Gasteiger partial charge in [0.15, 0.2) is 5.78 Å². The van der Waals surface area contributed by atoms with Crippen molar-refractivity contribution in [1.29, 1.82) is 0 Å². The van der Waals surface area contributed by atoms with Gasteiger partial charge < -0.3 is 5.32 Å². The second-order valence-corrected chi connectivity index (χ2v) is 7.29. The van der Waals surface area contributed by atoms with Gasteiger partial charge in [-0.25, -0.2) is 0 Å². The van der Waals surface area contributed by atoms with Gasteiger partial charge in [-0.3, -0.25) is 14.5 Å². The molecule has 0 unspecified atom stereocenters. The van der Waals surface area contributed by atoms with E-state index in [0.29, 0.717) is 18.7 Å². The average Bonchev–Trinajstić information content (AvgIpc) is 3.06. The first kappa shape index (κ1) is 18.3. The van der Waals surface area contributed by atoms with Crippen LogP contribution >= 0.6 is 0 Å². The second kappa shape index (κ2) is 8.28. The Kier molecular flexibility index (Phi) is 5.84. The lowest BCUT2D eigenvalue weighted by molar-refractivity contribution is -0.125. The Labute approximate surface area is 155 Å². The van der Waals surface area contributed by atoms with Crippen LogP contribution < -0.4 is 5.32 Å². The molecule has 3 rings (SSSR count). The molecule has 0 spiro atoms. The first-order chi connectivity index (χ1) is 12.5. The smallest absolute Gasteiger partial charge is 0.225 e. The minimum Gasteiger partial charge on any atom is -0.354 e. The highest BCUT2D eigenvalue weighted by Gasteiger charge is 2.41. The molecule has 4 nitrogen and oxygen atoms in total. The number of rotatable bonds is 6. The van der Waals surface area contributed by atoms with E-state index in [2.05, 4.69) is 22.3 Å². The van der Waals surface area contributed by atoms with E-state index in [1.807, 2.05) is 62.4 Å². The highest BCUT2D eigenvalue weighted by Crippen LogP contribution is 2.28. The first-order valence-electron chi connectivity index (χ1n) is 9.20. The molecule has 136 valence electrons. The van der Waals surface area contributed by atoms with Crippen molar-refractivity contribution < 1.29 is 9.59 Å². The first-order valence-corrected chi connectivity index (χ1v) is 9.20. The summed E-state index contributed by atoms with van der Waals surface area (Å²) in [7, 11) is 0. The third-order valence-corrected chi connectivity index (χ3v) is 4.81. The summed E-state index contributed by atoms with van der Waals surface area (Å²) < 4.78 is 0. The van der Waals surface area contributed by atoms with Gasteiger partial charge in [0.1, 0.15) is 0 Å². The largest absolute Gasteiger partial charge is 0.354 e. The number of nitrogens with one attached hydrogen (secondary N) is 1.